The summed E-state index contributed by atoms with van der Waals surface area (Å²) < 4.78 is 0. The van der Waals surface area contributed by atoms with Gasteiger partial charge in [-0.05, 0) is 33.0 Å². The molecule has 2 nitrogen and oxygen atoms in total. The standard InChI is InChI=1S/C26H55N.H3N/c1-4-6-8-10-12-14-16-18-20-22-24-26-27(3)25-23-21-19-17-15-13-11-9-7-5-2;/h4-26H2,1-3H3;1H3. The maximum Gasteiger partial charge on any atom is -0.00218 e. The molecular weight excluding hydrogens is 340 g/mol. The number of nitrogens with zero attached hydrogens (tertiary/aromatic N) is 1. The predicted octanol–water partition coefficient (Wildman–Crippen LogP) is 9.31. The Morgan fingerprint density at radius 2 is 0.571 bits per heavy atom. The number of hydrogen-bond acceptors (Lipinski definition) is 2. The van der Waals surface area contributed by atoms with Gasteiger partial charge in [0, 0.05) is 0 Å². The van der Waals surface area contributed by atoms with Crippen LogP contribution in [0.4, 0.5) is 0 Å². The Morgan fingerprint density at radius 1 is 0.357 bits per heavy atom. The monoisotopic (exact) mass is 398 g/mol. The van der Waals surface area contributed by atoms with Gasteiger partial charge in [-0.25, -0.2) is 0 Å². The molecule has 0 amide bonds. The molecule has 0 aromatic rings. The smallest absolute Gasteiger partial charge is 0.00218 e. The van der Waals surface area contributed by atoms with Gasteiger partial charge in [-0.3, -0.25) is 0 Å². The molecule has 0 aliphatic heterocycles. The normalized spacial score (nSPS) is 11.1. The van der Waals surface area contributed by atoms with Crippen LogP contribution in [0, 0.1) is 0 Å². The van der Waals surface area contributed by atoms with Crippen LogP contribution in [0.1, 0.15) is 149 Å². The molecule has 0 aliphatic rings. The Kier molecular flexibility index (Phi) is 29.0. The molecule has 0 rings (SSSR count). The molecule has 0 saturated carbocycles. The van der Waals surface area contributed by atoms with Gasteiger partial charge in [0.25, 0.3) is 0 Å². The van der Waals surface area contributed by atoms with Crippen LogP contribution in [-0.2, 0) is 0 Å². The van der Waals surface area contributed by atoms with Crippen molar-refractivity contribution in [1.29, 1.82) is 0 Å². The Hall–Kier alpha value is -0.0800. The fraction of sp³-hybridized carbons (Fsp3) is 1.00. The second-order valence-corrected chi connectivity index (χ2v) is 9.02. The summed E-state index contributed by atoms with van der Waals surface area (Å²) in [6, 6.07) is 0. The summed E-state index contributed by atoms with van der Waals surface area (Å²) in [6.07, 6.45) is 30.4. The molecule has 0 bridgehead atoms. The first-order valence-electron chi connectivity index (χ1n) is 13.0. The second-order valence-electron chi connectivity index (χ2n) is 9.02. The third-order valence-electron chi connectivity index (χ3n) is 6.04. The van der Waals surface area contributed by atoms with Gasteiger partial charge in [-0.1, -0.05) is 136 Å². The fourth-order valence-corrected chi connectivity index (χ4v) is 4.03. The van der Waals surface area contributed by atoms with Crippen LogP contribution in [0.2, 0.25) is 0 Å². The van der Waals surface area contributed by atoms with Crippen molar-refractivity contribution in [3.05, 3.63) is 0 Å². The van der Waals surface area contributed by atoms with E-state index >= 15 is 0 Å². The molecule has 28 heavy (non-hydrogen) atoms. The van der Waals surface area contributed by atoms with Crippen molar-refractivity contribution in [3.8, 4) is 0 Å². The molecule has 0 aromatic carbocycles. The van der Waals surface area contributed by atoms with Gasteiger partial charge >= 0.3 is 0 Å². The molecule has 0 aromatic heterocycles. The molecule has 0 aliphatic carbocycles. The zero-order valence-corrected chi connectivity index (χ0v) is 20.4. The zero-order valence-electron chi connectivity index (χ0n) is 20.4. The summed E-state index contributed by atoms with van der Waals surface area (Å²) in [5.41, 5.74) is 0. The Bertz CT molecular complexity index is 255. The van der Waals surface area contributed by atoms with Crippen LogP contribution in [0.5, 0.6) is 0 Å². The predicted molar refractivity (Wildman–Crippen MR) is 131 cm³/mol. The summed E-state index contributed by atoms with van der Waals surface area (Å²) in [7, 11) is 2.32. The van der Waals surface area contributed by atoms with E-state index in [9.17, 15) is 0 Å². The molecule has 2 heteroatoms. The molecule has 0 fully saturated rings. The van der Waals surface area contributed by atoms with Crippen molar-refractivity contribution in [2.45, 2.75) is 149 Å². The highest BCUT2D eigenvalue weighted by atomic mass is 15.1. The van der Waals surface area contributed by atoms with Crippen LogP contribution in [0.15, 0.2) is 0 Å². The van der Waals surface area contributed by atoms with E-state index in [-0.39, 0.29) is 6.15 Å². The molecule has 0 atom stereocenters. The van der Waals surface area contributed by atoms with E-state index in [1.54, 1.807) is 0 Å². The molecule has 0 heterocycles. The largest absolute Gasteiger partial charge is 0.344 e. The van der Waals surface area contributed by atoms with Crippen molar-refractivity contribution in [2.75, 3.05) is 20.1 Å². The number of unbranched alkanes of at least 4 members (excludes halogenated alkanes) is 19. The molecule has 172 valence electrons. The van der Waals surface area contributed by atoms with E-state index in [4.69, 9.17) is 0 Å². The minimum absolute atomic E-state index is 0. The first-order chi connectivity index (χ1) is 13.3. The summed E-state index contributed by atoms with van der Waals surface area (Å²) in [5.74, 6) is 0. The van der Waals surface area contributed by atoms with Gasteiger partial charge in [0.05, 0.1) is 0 Å². The summed E-state index contributed by atoms with van der Waals surface area (Å²) in [6.45, 7) is 7.23. The molecular formula is C26H58N2. The Morgan fingerprint density at radius 3 is 0.821 bits per heavy atom. The third kappa shape index (κ3) is 25.9. The maximum atomic E-state index is 2.57. The van der Waals surface area contributed by atoms with E-state index in [0.717, 1.165) is 0 Å². The summed E-state index contributed by atoms with van der Waals surface area (Å²) in [4.78, 5) is 2.57. The van der Waals surface area contributed by atoms with E-state index in [2.05, 4.69) is 25.8 Å². The lowest BCUT2D eigenvalue weighted by Crippen LogP contribution is -2.20. The summed E-state index contributed by atoms with van der Waals surface area (Å²) >= 11 is 0. The van der Waals surface area contributed by atoms with E-state index in [0.29, 0.717) is 0 Å². The topological polar surface area (TPSA) is 38.2 Å². The van der Waals surface area contributed by atoms with Crippen LogP contribution >= 0.6 is 0 Å². The zero-order chi connectivity index (χ0) is 19.8. The highest BCUT2D eigenvalue weighted by Gasteiger charge is 1.99. The van der Waals surface area contributed by atoms with Crippen molar-refractivity contribution < 1.29 is 0 Å². The van der Waals surface area contributed by atoms with E-state index in [1.807, 2.05) is 0 Å². The first-order valence-corrected chi connectivity index (χ1v) is 13.0. The molecule has 0 saturated heterocycles. The van der Waals surface area contributed by atoms with Crippen LogP contribution < -0.4 is 6.15 Å². The minimum Gasteiger partial charge on any atom is -0.344 e. The van der Waals surface area contributed by atoms with Gasteiger partial charge in [-0.15, -0.1) is 0 Å². The average molecular weight is 399 g/mol. The van der Waals surface area contributed by atoms with Crippen LogP contribution in [-0.4, -0.2) is 25.0 Å². The number of hydrogen-bond donors (Lipinski definition) is 1. The number of rotatable bonds is 23. The lowest BCUT2D eigenvalue weighted by atomic mass is 10.1. The lowest BCUT2D eigenvalue weighted by molar-refractivity contribution is 0.314. The van der Waals surface area contributed by atoms with Gasteiger partial charge < -0.3 is 11.1 Å². The molecule has 0 unspecified atom stereocenters. The van der Waals surface area contributed by atoms with Crippen molar-refractivity contribution in [2.24, 2.45) is 0 Å². The van der Waals surface area contributed by atoms with E-state index in [1.165, 1.54) is 148 Å². The molecule has 3 N–H and O–H groups in total. The Labute approximate surface area is 180 Å². The van der Waals surface area contributed by atoms with Gasteiger partial charge in [0.2, 0.25) is 0 Å². The molecule has 0 radical (unpaired) electrons. The van der Waals surface area contributed by atoms with Crippen LogP contribution in [0.25, 0.3) is 0 Å². The lowest BCUT2D eigenvalue weighted by Gasteiger charge is -2.16. The fourth-order valence-electron chi connectivity index (χ4n) is 4.03. The second kappa shape index (κ2) is 26.9. The SMILES string of the molecule is CCCCCCCCCCCCCN(C)CCCCCCCCCCCC.N. The van der Waals surface area contributed by atoms with Crippen molar-refractivity contribution in [3.63, 3.8) is 0 Å². The van der Waals surface area contributed by atoms with Crippen LogP contribution in [0.3, 0.4) is 0 Å². The quantitative estimate of drug-likeness (QED) is 0.174. The van der Waals surface area contributed by atoms with Gasteiger partial charge in [-0.2, -0.15) is 0 Å². The maximum absolute atomic E-state index is 2.57. The highest BCUT2D eigenvalue weighted by Crippen LogP contribution is 2.12. The minimum atomic E-state index is 0. The Balaban J connectivity index is 0. The van der Waals surface area contributed by atoms with Gasteiger partial charge in [0.1, 0.15) is 0 Å². The van der Waals surface area contributed by atoms with E-state index < -0.39 is 0 Å². The first kappa shape index (κ1) is 30.1. The molecule has 0 spiro atoms. The average Bonchev–Trinajstić information content (AvgIpc) is 2.67. The van der Waals surface area contributed by atoms with Crippen molar-refractivity contribution in [1.82, 2.24) is 11.1 Å². The third-order valence-corrected chi connectivity index (χ3v) is 6.04. The van der Waals surface area contributed by atoms with Crippen molar-refractivity contribution >= 4 is 0 Å². The van der Waals surface area contributed by atoms with Gasteiger partial charge in [0.15, 0.2) is 0 Å². The highest BCUT2D eigenvalue weighted by molar-refractivity contribution is 4.55. The summed E-state index contributed by atoms with van der Waals surface area (Å²) in [5, 5.41) is 0.